The van der Waals surface area contributed by atoms with Crippen LogP contribution in [0.15, 0.2) is 6.20 Å². The number of piperidine rings is 1. The van der Waals surface area contributed by atoms with Gasteiger partial charge in [0.25, 0.3) is 0 Å². The lowest BCUT2D eigenvalue weighted by molar-refractivity contribution is 0.161. The van der Waals surface area contributed by atoms with Crippen molar-refractivity contribution in [2.45, 2.75) is 25.8 Å². The number of hydrogen-bond donors (Lipinski definition) is 1. The first-order chi connectivity index (χ1) is 7.78. The maximum Gasteiger partial charge on any atom is 0.0967 e. The Balaban J connectivity index is 0.00000144. The highest BCUT2D eigenvalue weighted by Gasteiger charge is 2.19. The third-order valence-electron chi connectivity index (χ3n) is 3.21. The van der Waals surface area contributed by atoms with E-state index in [1.165, 1.54) is 19.4 Å². The molecule has 1 saturated heterocycles. The molecule has 1 fully saturated rings. The molecule has 1 aromatic heterocycles. The summed E-state index contributed by atoms with van der Waals surface area (Å²) < 4.78 is 1.76. The zero-order valence-corrected chi connectivity index (χ0v) is 11.2. The molecule has 0 radical (unpaired) electrons. The van der Waals surface area contributed by atoms with Crippen LogP contribution in [0.25, 0.3) is 0 Å². The molecule has 0 aromatic carbocycles. The monoisotopic (exact) mass is 259 g/mol. The first kappa shape index (κ1) is 14.4. The van der Waals surface area contributed by atoms with E-state index in [2.05, 4.69) is 15.2 Å². The summed E-state index contributed by atoms with van der Waals surface area (Å²) in [4.78, 5) is 2.47. The van der Waals surface area contributed by atoms with E-state index >= 15 is 0 Å². The molecule has 1 unspecified atom stereocenters. The van der Waals surface area contributed by atoms with Crippen molar-refractivity contribution in [2.75, 3.05) is 19.6 Å². The van der Waals surface area contributed by atoms with Crippen LogP contribution in [0.1, 0.15) is 25.0 Å². The zero-order valence-electron chi connectivity index (χ0n) is 10.4. The largest absolute Gasteiger partial charge is 0.330 e. The second kappa shape index (κ2) is 6.93. The summed E-state index contributed by atoms with van der Waals surface area (Å²) in [6, 6.07) is 0. The second-order valence-corrected chi connectivity index (χ2v) is 4.70. The average Bonchev–Trinajstić information content (AvgIpc) is 2.65. The highest BCUT2D eigenvalue weighted by atomic mass is 35.5. The number of aryl methyl sites for hydroxylation is 1. The molecule has 1 atom stereocenters. The average molecular weight is 260 g/mol. The van der Waals surface area contributed by atoms with Crippen molar-refractivity contribution in [1.82, 2.24) is 19.9 Å². The Labute approximate surface area is 109 Å². The van der Waals surface area contributed by atoms with E-state index in [4.69, 9.17) is 5.73 Å². The molecule has 2 N–H and O–H groups in total. The van der Waals surface area contributed by atoms with Crippen LogP contribution in [-0.2, 0) is 13.6 Å². The van der Waals surface area contributed by atoms with Gasteiger partial charge in [-0.05, 0) is 38.3 Å². The predicted molar refractivity (Wildman–Crippen MR) is 69.9 cm³/mol. The van der Waals surface area contributed by atoms with Crippen LogP contribution >= 0.6 is 12.4 Å². The van der Waals surface area contributed by atoms with Gasteiger partial charge < -0.3 is 5.73 Å². The first-order valence-electron chi connectivity index (χ1n) is 6.05. The highest BCUT2D eigenvalue weighted by Crippen LogP contribution is 2.20. The van der Waals surface area contributed by atoms with Crippen LogP contribution in [0.2, 0.25) is 0 Å². The maximum absolute atomic E-state index is 5.62. The van der Waals surface area contributed by atoms with Gasteiger partial charge in [-0.3, -0.25) is 9.58 Å². The number of rotatable bonds is 4. The van der Waals surface area contributed by atoms with Crippen molar-refractivity contribution >= 4 is 12.4 Å². The zero-order chi connectivity index (χ0) is 11.4. The van der Waals surface area contributed by atoms with Crippen molar-refractivity contribution in [3.8, 4) is 0 Å². The van der Waals surface area contributed by atoms with Gasteiger partial charge in [0.15, 0.2) is 0 Å². The summed E-state index contributed by atoms with van der Waals surface area (Å²) >= 11 is 0. The van der Waals surface area contributed by atoms with Gasteiger partial charge in [0, 0.05) is 26.3 Å². The molecule has 17 heavy (non-hydrogen) atoms. The number of hydrogen-bond acceptors (Lipinski definition) is 4. The molecular formula is C11H22ClN5. The van der Waals surface area contributed by atoms with Crippen molar-refractivity contribution in [3.05, 3.63) is 11.9 Å². The van der Waals surface area contributed by atoms with E-state index in [9.17, 15) is 0 Å². The Kier molecular flexibility index (Phi) is 5.88. The Hall–Kier alpha value is -0.650. The van der Waals surface area contributed by atoms with Gasteiger partial charge in [0.2, 0.25) is 0 Å². The topological polar surface area (TPSA) is 60.0 Å². The quantitative estimate of drug-likeness (QED) is 0.869. The van der Waals surface area contributed by atoms with E-state index < -0.39 is 0 Å². The smallest absolute Gasteiger partial charge is 0.0967 e. The molecule has 0 bridgehead atoms. The lowest BCUT2D eigenvalue weighted by Crippen LogP contribution is -2.35. The number of nitrogens with two attached hydrogens (primary N) is 1. The molecule has 0 aliphatic carbocycles. The van der Waals surface area contributed by atoms with Crippen LogP contribution in [0.5, 0.6) is 0 Å². The van der Waals surface area contributed by atoms with Gasteiger partial charge in [-0.15, -0.1) is 17.5 Å². The Morgan fingerprint density at radius 2 is 2.35 bits per heavy atom. The summed E-state index contributed by atoms with van der Waals surface area (Å²) in [5, 5.41) is 8.08. The third-order valence-corrected chi connectivity index (χ3v) is 3.21. The van der Waals surface area contributed by atoms with Crippen LogP contribution in [-0.4, -0.2) is 39.5 Å². The van der Waals surface area contributed by atoms with Crippen LogP contribution in [0.4, 0.5) is 0 Å². The lowest BCUT2D eigenvalue weighted by Gasteiger charge is -2.31. The molecule has 0 spiro atoms. The minimum absolute atomic E-state index is 0. The summed E-state index contributed by atoms with van der Waals surface area (Å²) in [6.45, 7) is 4.07. The minimum Gasteiger partial charge on any atom is -0.330 e. The standard InChI is InChI=1S/C11H21N5.ClH/c1-15-8-11(13-14-15)9-16-6-2-3-10(7-16)4-5-12;/h8,10H,2-7,9,12H2,1H3;1H. The van der Waals surface area contributed by atoms with E-state index in [0.29, 0.717) is 0 Å². The minimum atomic E-state index is 0. The summed E-state index contributed by atoms with van der Waals surface area (Å²) in [5.74, 6) is 0.774. The molecule has 0 saturated carbocycles. The maximum atomic E-state index is 5.62. The summed E-state index contributed by atoms with van der Waals surface area (Å²) in [6.07, 6.45) is 5.75. The fourth-order valence-electron chi connectivity index (χ4n) is 2.46. The predicted octanol–water partition coefficient (Wildman–Crippen LogP) is 0.798. The summed E-state index contributed by atoms with van der Waals surface area (Å²) in [7, 11) is 1.91. The molecule has 6 heteroatoms. The Morgan fingerprint density at radius 3 is 3.00 bits per heavy atom. The van der Waals surface area contributed by atoms with Crippen molar-refractivity contribution in [2.24, 2.45) is 18.7 Å². The fourth-order valence-corrected chi connectivity index (χ4v) is 2.46. The highest BCUT2D eigenvalue weighted by molar-refractivity contribution is 5.85. The number of likely N-dealkylation sites (tertiary alicyclic amines) is 1. The lowest BCUT2D eigenvalue weighted by atomic mass is 9.95. The van der Waals surface area contributed by atoms with Crippen molar-refractivity contribution < 1.29 is 0 Å². The van der Waals surface area contributed by atoms with E-state index in [1.807, 2.05) is 13.2 Å². The molecule has 1 aliphatic heterocycles. The Bertz CT molecular complexity index is 325. The van der Waals surface area contributed by atoms with Gasteiger partial charge in [-0.2, -0.15) is 0 Å². The normalized spacial score (nSPS) is 21.2. The van der Waals surface area contributed by atoms with E-state index in [0.717, 1.165) is 37.7 Å². The molecule has 0 amide bonds. The van der Waals surface area contributed by atoms with Gasteiger partial charge in [-0.1, -0.05) is 5.21 Å². The number of nitrogens with zero attached hydrogens (tertiary/aromatic N) is 4. The van der Waals surface area contributed by atoms with Gasteiger partial charge in [-0.25, -0.2) is 0 Å². The molecular weight excluding hydrogens is 238 g/mol. The van der Waals surface area contributed by atoms with Crippen LogP contribution < -0.4 is 5.73 Å². The van der Waals surface area contributed by atoms with Gasteiger partial charge in [0.1, 0.15) is 0 Å². The molecule has 2 heterocycles. The SMILES string of the molecule is Cl.Cn1cc(CN2CCCC(CCN)C2)nn1. The van der Waals surface area contributed by atoms with Gasteiger partial charge in [0.05, 0.1) is 5.69 Å². The number of aromatic nitrogens is 3. The van der Waals surface area contributed by atoms with Crippen molar-refractivity contribution in [3.63, 3.8) is 0 Å². The van der Waals surface area contributed by atoms with Crippen LogP contribution in [0, 0.1) is 5.92 Å². The number of halogens is 1. The Morgan fingerprint density at radius 1 is 1.53 bits per heavy atom. The molecule has 1 aromatic rings. The fraction of sp³-hybridized carbons (Fsp3) is 0.818. The molecule has 98 valence electrons. The van der Waals surface area contributed by atoms with Crippen LogP contribution in [0.3, 0.4) is 0 Å². The van der Waals surface area contributed by atoms with Gasteiger partial charge >= 0.3 is 0 Å². The first-order valence-corrected chi connectivity index (χ1v) is 6.05. The van der Waals surface area contributed by atoms with E-state index in [-0.39, 0.29) is 12.4 Å². The van der Waals surface area contributed by atoms with E-state index in [1.54, 1.807) is 4.68 Å². The molecule has 2 rings (SSSR count). The summed E-state index contributed by atoms with van der Waals surface area (Å²) in [5.41, 5.74) is 6.68. The third kappa shape index (κ3) is 4.26. The molecule has 5 nitrogen and oxygen atoms in total. The van der Waals surface area contributed by atoms with Crippen molar-refractivity contribution in [1.29, 1.82) is 0 Å². The molecule has 1 aliphatic rings. The second-order valence-electron chi connectivity index (χ2n) is 4.70.